The third-order valence-electron chi connectivity index (χ3n) is 7.20. The summed E-state index contributed by atoms with van der Waals surface area (Å²) in [5.41, 5.74) is -0.311. The third-order valence-corrected chi connectivity index (χ3v) is 7.20. The zero-order valence-corrected chi connectivity index (χ0v) is 16.5. The third kappa shape index (κ3) is 1.72. The standard InChI is InChI=1S/C22H26O5/c1-7-10-21-16(23)12-17(26-5)22(27-6)19(21)20(22,2)18(21)13-8-9-14(24-3)15(11-13)25-4/h7-9,11-12,18-19H,1,10H2,2-6H3. The summed E-state index contributed by atoms with van der Waals surface area (Å²) in [6.45, 7) is 6.11. The topological polar surface area (TPSA) is 54.0 Å². The maximum Gasteiger partial charge on any atom is 0.166 e. The number of rotatable bonds is 7. The molecule has 2 saturated carbocycles. The van der Waals surface area contributed by atoms with Crippen molar-refractivity contribution in [3.8, 4) is 11.5 Å². The van der Waals surface area contributed by atoms with Crippen molar-refractivity contribution < 1.29 is 23.7 Å². The van der Waals surface area contributed by atoms with Crippen molar-refractivity contribution in [3.05, 3.63) is 48.3 Å². The van der Waals surface area contributed by atoms with E-state index >= 15 is 0 Å². The molecule has 0 saturated heterocycles. The van der Waals surface area contributed by atoms with Gasteiger partial charge in [0.2, 0.25) is 0 Å². The van der Waals surface area contributed by atoms with Gasteiger partial charge in [-0.1, -0.05) is 19.1 Å². The van der Waals surface area contributed by atoms with Crippen LogP contribution in [0.5, 0.6) is 11.5 Å². The van der Waals surface area contributed by atoms with Crippen LogP contribution in [0, 0.1) is 16.7 Å². The second kappa shape index (κ2) is 5.61. The average Bonchev–Trinajstić information content (AvgIpc) is 3.20. The lowest BCUT2D eigenvalue weighted by molar-refractivity contribution is -0.135. The molecule has 5 atom stereocenters. The first kappa shape index (κ1) is 18.1. The monoisotopic (exact) mass is 370 g/mol. The van der Waals surface area contributed by atoms with Crippen LogP contribution in [-0.2, 0) is 14.3 Å². The van der Waals surface area contributed by atoms with E-state index in [4.69, 9.17) is 18.9 Å². The largest absolute Gasteiger partial charge is 0.498 e. The summed E-state index contributed by atoms with van der Waals surface area (Å²) in [4.78, 5) is 13.3. The van der Waals surface area contributed by atoms with Gasteiger partial charge in [-0.25, -0.2) is 0 Å². The summed E-state index contributed by atoms with van der Waals surface area (Å²) in [6, 6.07) is 5.90. The Morgan fingerprint density at radius 3 is 2.37 bits per heavy atom. The average molecular weight is 370 g/mol. The van der Waals surface area contributed by atoms with Crippen LogP contribution in [0.4, 0.5) is 0 Å². The number of carbonyl (C=O) groups excluding carboxylic acids is 1. The van der Waals surface area contributed by atoms with Crippen molar-refractivity contribution in [2.24, 2.45) is 16.7 Å². The van der Waals surface area contributed by atoms with Crippen LogP contribution in [0.25, 0.3) is 0 Å². The molecule has 0 amide bonds. The summed E-state index contributed by atoms with van der Waals surface area (Å²) in [5, 5.41) is 0. The van der Waals surface area contributed by atoms with E-state index in [9.17, 15) is 4.79 Å². The highest BCUT2D eigenvalue weighted by molar-refractivity contribution is 6.02. The molecule has 4 rings (SSSR count). The fourth-order valence-corrected chi connectivity index (χ4v) is 6.44. The number of ketones is 1. The molecule has 0 aliphatic heterocycles. The summed E-state index contributed by atoms with van der Waals surface area (Å²) in [6.07, 6.45) is 4.08. The van der Waals surface area contributed by atoms with E-state index in [1.54, 1.807) is 34.5 Å². The van der Waals surface area contributed by atoms with Crippen LogP contribution in [0.15, 0.2) is 42.7 Å². The van der Waals surface area contributed by atoms with Gasteiger partial charge in [0.15, 0.2) is 17.3 Å². The predicted molar refractivity (Wildman–Crippen MR) is 101 cm³/mol. The minimum atomic E-state index is -0.573. The van der Waals surface area contributed by atoms with Crippen molar-refractivity contribution in [1.29, 1.82) is 0 Å². The molecule has 3 aliphatic rings. The summed E-state index contributed by atoms with van der Waals surface area (Å²) < 4.78 is 22.5. The Balaban J connectivity index is 1.90. The fraction of sp³-hybridized carbons (Fsp3) is 0.500. The van der Waals surface area contributed by atoms with Crippen LogP contribution in [-0.4, -0.2) is 39.8 Å². The maximum atomic E-state index is 13.3. The molecule has 0 radical (unpaired) electrons. The normalized spacial score (nSPS) is 38.3. The number of carbonyl (C=O) groups is 1. The van der Waals surface area contributed by atoms with Crippen molar-refractivity contribution in [2.45, 2.75) is 24.9 Å². The van der Waals surface area contributed by atoms with Gasteiger partial charge in [-0.2, -0.15) is 0 Å². The van der Waals surface area contributed by atoms with Gasteiger partial charge in [0.25, 0.3) is 0 Å². The Hall–Kier alpha value is -2.27. The van der Waals surface area contributed by atoms with Crippen molar-refractivity contribution in [3.63, 3.8) is 0 Å². The van der Waals surface area contributed by atoms with E-state index in [1.165, 1.54) is 0 Å². The Morgan fingerprint density at radius 1 is 1.11 bits per heavy atom. The van der Waals surface area contributed by atoms with Crippen molar-refractivity contribution >= 4 is 5.78 Å². The lowest BCUT2D eigenvalue weighted by Gasteiger charge is -2.51. The first-order valence-corrected chi connectivity index (χ1v) is 9.12. The van der Waals surface area contributed by atoms with Crippen LogP contribution in [0.1, 0.15) is 24.8 Å². The van der Waals surface area contributed by atoms with Crippen LogP contribution in [0.2, 0.25) is 0 Å². The van der Waals surface area contributed by atoms with E-state index in [-0.39, 0.29) is 23.0 Å². The maximum absolute atomic E-state index is 13.3. The molecule has 5 nitrogen and oxygen atoms in total. The number of allylic oxidation sites excluding steroid dienone is 2. The Labute approximate surface area is 159 Å². The van der Waals surface area contributed by atoms with Crippen LogP contribution in [0.3, 0.4) is 0 Å². The molecular weight excluding hydrogens is 344 g/mol. The quantitative estimate of drug-likeness (QED) is 0.688. The SMILES string of the molecule is C=CCC12C(=O)C=C(OC)C3(OC)C1C3(C)C2c1ccc(OC)c(OC)c1. The highest BCUT2D eigenvalue weighted by Gasteiger charge is 2.97. The molecule has 2 fully saturated rings. The zero-order chi connectivity index (χ0) is 19.6. The number of benzene rings is 1. The van der Waals surface area contributed by atoms with Gasteiger partial charge in [-0.05, 0) is 24.1 Å². The fourth-order valence-electron chi connectivity index (χ4n) is 6.44. The Morgan fingerprint density at radius 2 is 1.81 bits per heavy atom. The van der Waals surface area contributed by atoms with Gasteiger partial charge in [-0.15, -0.1) is 6.58 Å². The molecule has 3 aliphatic carbocycles. The van der Waals surface area contributed by atoms with Crippen LogP contribution >= 0.6 is 0 Å². The molecule has 27 heavy (non-hydrogen) atoms. The zero-order valence-electron chi connectivity index (χ0n) is 16.5. The molecule has 5 heteroatoms. The highest BCUT2D eigenvalue weighted by Crippen LogP contribution is 2.92. The lowest BCUT2D eigenvalue weighted by atomic mass is 9.49. The van der Waals surface area contributed by atoms with E-state index in [0.717, 1.165) is 5.56 Å². The predicted octanol–water partition coefficient (Wildman–Crippen LogP) is 3.50. The molecule has 144 valence electrons. The Kier molecular flexibility index (Phi) is 3.77. The minimum Gasteiger partial charge on any atom is -0.498 e. The lowest BCUT2D eigenvalue weighted by Crippen LogP contribution is -2.51. The van der Waals surface area contributed by atoms with Gasteiger partial charge >= 0.3 is 0 Å². The molecule has 0 heterocycles. The highest BCUT2D eigenvalue weighted by atomic mass is 16.5. The van der Waals surface area contributed by atoms with E-state index in [2.05, 4.69) is 13.5 Å². The van der Waals surface area contributed by atoms with Crippen molar-refractivity contribution in [1.82, 2.24) is 0 Å². The van der Waals surface area contributed by atoms with Crippen molar-refractivity contribution in [2.75, 3.05) is 28.4 Å². The summed E-state index contributed by atoms with van der Waals surface area (Å²) in [7, 11) is 6.54. The van der Waals surface area contributed by atoms with Gasteiger partial charge < -0.3 is 18.9 Å². The molecule has 0 bridgehead atoms. The van der Waals surface area contributed by atoms with E-state index in [0.29, 0.717) is 23.7 Å². The van der Waals surface area contributed by atoms with E-state index < -0.39 is 11.0 Å². The van der Waals surface area contributed by atoms with Gasteiger partial charge in [0.1, 0.15) is 11.4 Å². The number of fused-ring (bicyclic) bond motifs is 1. The van der Waals surface area contributed by atoms with Gasteiger partial charge in [0.05, 0.1) is 26.7 Å². The first-order valence-electron chi connectivity index (χ1n) is 9.12. The Bertz CT molecular complexity index is 858. The smallest absolute Gasteiger partial charge is 0.166 e. The number of hydrogen-bond acceptors (Lipinski definition) is 5. The number of methoxy groups -OCH3 is 4. The molecule has 1 aromatic rings. The molecule has 0 aromatic heterocycles. The second-order valence-corrected chi connectivity index (χ2v) is 7.81. The summed E-state index contributed by atoms with van der Waals surface area (Å²) in [5.74, 6) is 2.10. The summed E-state index contributed by atoms with van der Waals surface area (Å²) >= 11 is 0. The number of ether oxygens (including phenoxy) is 4. The van der Waals surface area contributed by atoms with Gasteiger partial charge in [0, 0.05) is 30.4 Å². The first-order chi connectivity index (χ1) is 12.9. The molecular formula is C22H26O5. The minimum absolute atomic E-state index is 0.0239. The number of hydrogen-bond donors (Lipinski definition) is 0. The molecule has 0 spiro atoms. The molecule has 1 aromatic carbocycles. The van der Waals surface area contributed by atoms with Gasteiger partial charge in [-0.3, -0.25) is 4.79 Å². The molecule has 0 N–H and O–H groups in total. The van der Waals surface area contributed by atoms with E-state index in [1.807, 2.05) is 24.3 Å². The van der Waals surface area contributed by atoms with Crippen LogP contribution < -0.4 is 9.47 Å². The second-order valence-electron chi connectivity index (χ2n) is 7.81. The molecule has 5 unspecified atom stereocenters.